The van der Waals surface area contributed by atoms with Gasteiger partial charge in [0.1, 0.15) is 52.0 Å². The average Bonchev–Trinajstić information content (AvgIpc) is 2.99. The molecule has 18 nitrogen and oxygen atoms in total. The second-order valence-corrected chi connectivity index (χ2v) is 15.4. The Labute approximate surface area is 397 Å². The molecule has 4 N–H and O–H groups in total. The Bertz CT molecular complexity index is 2390. The molecule has 26 heteroatoms. The number of carbonyl (C=O) groups is 2. The van der Waals surface area contributed by atoms with E-state index in [1.165, 1.54) is 0 Å². The molecule has 0 heterocycles. The number of anilines is 2. The smallest absolute Gasteiger partial charge is 0.744 e. The summed E-state index contributed by atoms with van der Waals surface area (Å²) in [5.41, 5.74) is -2.85. The Kier molecular flexibility index (Phi) is 20.0. The van der Waals surface area contributed by atoms with Gasteiger partial charge in [-0.3, -0.25) is 9.59 Å². The van der Waals surface area contributed by atoms with Crippen LogP contribution in [-0.4, -0.2) is 73.9 Å². The number of hydrogen-bond donors (Lipinski definition) is 4. The zero-order valence-corrected chi connectivity index (χ0v) is 39.6. The van der Waals surface area contributed by atoms with Gasteiger partial charge >= 0.3 is 118 Å². The molecule has 4 aromatic carbocycles. The van der Waals surface area contributed by atoms with Crippen LogP contribution in [-0.2, 0) is 40.5 Å². The second-order valence-electron chi connectivity index (χ2n) is 9.92. The summed E-state index contributed by atoms with van der Waals surface area (Å²) in [6.45, 7) is 0. The number of rotatable bonds is 10. The molecule has 0 aliphatic rings. The molecule has 264 valence electrons. The van der Waals surface area contributed by atoms with Gasteiger partial charge in [0.25, 0.3) is 11.8 Å². The first kappa shape index (κ1) is 52.8. The van der Waals surface area contributed by atoms with Crippen molar-refractivity contribution in [1.82, 2.24) is 0 Å². The van der Waals surface area contributed by atoms with Gasteiger partial charge in [0.05, 0.1) is 30.7 Å². The summed E-state index contributed by atoms with van der Waals surface area (Å²) >= 11 is 0. The Hall–Kier alpha value is -1.20. The molecule has 0 bridgehead atoms. The Morgan fingerprint density at radius 1 is 0.481 bits per heavy atom. The molecule has 0 saturated heterocycles. The monoisotopic (exact) mass is 858 g/mol. The van der Waals surface area contributed by atoms with Crippen LogP contribution >= 0.6 is 0 Å². The van der Waals surface area contributed by atoms with E-state index in [9.17, 15) is 71.7 Å². The zero-order chi connectivity index (χ0) is 37.4. The standard InChI is InChI=1S/C28H22N2O16S4.4Na/c31-23-9-7-19(47(35,36)37)13-21(23)27(33)29-17-5-3-15(25(11-17)49(41,42)43)1-2-16-4-6-18(12-26(16)50(44,45)46)30-28(34)22-14-20(48(38,39)40)8-10-24(22)32;;;;/h1-14,31-32H,(H,29,33)(H,30,34)(H,35,36,37)(H,38,39,40)(H,41,42,43)(H,44,45,46);;;;/q;4*+1/p-4/b2-1+;;;;. The Morgan fingerprint density at radius 3 is 1.07 bits per heavy atom. The maximum Gasteiger partial charge on any atom is 1.00 e. The molecule has 0 aliphatic carbocycles. The fourth-order valence-electron chi connectivity index (χ4n) is 4.21. The van der Waals surface area contributed by atoms with Crippen molar-refractivity contribution < 1.29 is 190 Å². The van der Waals surface area contributed by atoms with Crippen molar-refractivity contribution in [2.75, 3.05) is 10.6 Å². The molecule has 0 fully saturated rings. The summed E-state index contributed by atoms with van der Waals surface area (Å²) in [6, 6.07) is 9.57. The summed E-state index contributed by atoms with van der Waals surface area (Å²) in [5.74, 6) is -3.91. The maximum atomic E-state index is 12.7. The second kappa shape index (κ2) is 20.5. The van der Waals surface area contributed by atoms with Gasteiger partial charge in [-0.1, -0.05) is 24.3 Å². The van der Waals surface area contributed by atoms with E-state index >= 15 is 0 Å². The van der Waals surface area contributed by atoms with Crippen LogP contribution in [0.1, 0.15) is 31.8 Å². The number of nitrogens with one attached hydrogen (secondary N) is 2. The van der Waals surface area contributed by atoms with Gasteiger partial charge in [-0.15, -0.1) is 0 Å². The first-order chi connectivity index (χ1) is 22.9. The number of hydrogen-bond acceptors (Lipinski definition) is 16. The molecule has 4 aromatic rings. The summed E-state index contributed by atoms with van der Waals surface area (Å²) < 4.78 is 140. The first-order valence-corrected chi connectivity index (χ1v) is 18.7. The predicted octanol–water partition coefficient (Wildman–Crippen LogP) is -10.6. The van der Waals surface area contributed by atoms with Crippen molar-refractivity contribution in [3.63, 3.8) is 0 Å². The molecular weight excluding hydrogens is 841 g/mol. The van der Waals surface area contributed by atoms with Gasteiger partial charge < -0.3 is 39.1 Å². The van der Waals surface area contributed by atoms with E-state index in [1.54, 1.807) is 0 Å². The van der Waals surface area contributed by atoms with E-state index in [2.05, 4.69) is 10.6 Å². The normalized spacial score (nSPS) is 11.6. The van der Waals surface area contributed by atoms with Gasteiger partial charge in [0.2, 0.25) is 0 Å². The molecule has 4 rings (SSSR count). The van der Waals surface area contributed by atoms with Crippen molar-refractivity contribution in [2.24, 2.45) is 0 Å². The van der Waals surface area contributed by atoms with Crippen LogP contribution in [0.3, 0.4) is 0 Å². The molecule has 0 radical (unpaired) electrons. The van der Waals surface area contributed by atoms with E-state index in [0.717, 1.165) is 60.7 Å². The Morgan fingerprint density at radius 2 is 0.796 bits per heavy atom. The minimum Gasteiger partial charge on any atom is -0.744 e. The van der Waals surface area contributed by atoms with Crippen LogP contribution < -0.4 is 129 Å². The molecular formula is C28H18N2Na4O16S4. The molecule has 0 aliphatic heterocycles. The van der Waals surface area contributed by atoms with E-state index < -0.39 is 94.5 Å². The predicted molar refractivity (Wildman–Crippen MR) is 166 cm³/mol. The van der Waals surface area contributed by atoms with Crippen molar-refractivity contribution in [3.8, 4) is 11.5 Å². The van der Waals surface area contributed by atoms with Gasteiger partial charge in [-0.2, -0.15) is 0 Å². The van der Waals surface area contributed by atoms with Gasteiger partial charge in [-0.05, 0) is 71.8 Å². The van der Waals surface area contributed by atoms with Gasteiger partial charge in [0, 0.05) is 11.4 Å². The number of benzene rings is 4. The minimum atomic E-state index is -5.32. The Balaban J connectivity index is 0.00000702. The SMILES string of the molecule is O=C(Nc1ccc(/C=C/c2ccc(NC(=O)c3cc(S(=O)(=O)[O-])ccc3O)cc2S(=O)(=O)[O-])c(S(=O)(=O)[O-])c1)c1cc(S(=O)(=O)[O-])ccc1O.[Na+].[Na+].[Na+].[Na+]. The summed E-state index contributed by atoms with van der Waals surface area (Å²) in [4.78, 5) is 21.7. The van der Waals surface area contributed by atoms with Crippen molar-refractivity contribution >= 4 is 75.8 Å². The summed E-state index contributed by atoms with van der Waals surface area (Å²) in [6.07, 6.45) is 1.83. The van der Waals surface area contributed by atoms with Gasteiger partial charge in [0.15, 0.2) is 0 Å². The van der Waals surface area contributed by atoms with Crippen LogP contribution in [0.4, 0.5) is 11.4 Å². The van der Waals surface area contributed by atoms with Crippen molar-refractivity contribution in [2.45, 2.75) is 19.6 Å². The topological polar surface area (TPSA) is 327 Å². The van der Waals surface area contributed by atoms with Crippen LogP contribution in [0.2, 0.25) is 0 Å². The van der Waals surface area contributed by atoms with Gasteiger partial charge in [-0.25, -0.2) is 33.7 Å². The average molecular weight is 859 g/mol. The maximum absolute atomic E-state index is 12.7. The number of phenolic OH excluding ortho intramolecular Hbond substituents is 2. The van der Waals surface area contributed by atoms with E-state index in [-0.39, 0.29) is 141 Å². The number of amides is 2. The molecule has 0 spiro atoms. The fraction of sp³-hybridized carbons (Fsp3) is 0. The van der Waals surface area contributed by atoms with Crippen LogP contribution in [0.15, 0.2) is 92.4 Å². The van der Waals surface area contributed by atoms with Crippen molar-refractivity contribution in [3.05, 3.63) is 95.1 Å². The van der Waals surface area contributed by atoms with E-state index in [4.69, 9.17) is 0 Å². The quantitative estimate of drug-likeness (QED) is 0.0654. The minimum absolute atomic E-state index is 0. The van der Waals surface area contributed by atoms with Crippen LogP contribution in [0.5, 0.6) is 11.5 Å². The first-order valence-electron chi connectivity index (χ1n) is 13.0. The molecule has 0 aromatic heterocycles. The molecule has 0 unspecified atom stereocenters. The van der Waals surface area contributed by atoms with E-state index in [1.807, 2.05) is 0 Å². The van der Waals surface area contributed by atoms with Crippen LogP contribution in [0, 0.1) is 0 Å². The number of aromatic hydroxyl groups is 2. The molecule has 2 amide bonds. The summed E-state index contributed by atoms with van der Waals surface area (Å²) in [5, 5.41) is 24.2. The van der Waals surface area contributed by atoms with E-state index in [0.29, 0.717) is 24.3 Å². The molecule has 0 saturated carbocycles. The third-order valence-corrected chi connectivity index (χ3v) is 9.97. The third-order valence-electron chi connectivity index (χ3n) is 6.53. The van der Waals surface area contributed by atoms with Crippen LogP contribution in [0.25, 0.3) is 12.2 Å². The molecule has 0 atom stereocenters. The molecule has 54 heavy (non-hydrogen) atoms. The zero-order valence-electron chi connectivity index (χ0n) is 28.3. The summed E-state index contributed by atoms with van der Waals surface area (Å²) in [7, 11) is -20.7. The largest absolute Gasteiger partial charge is 1.00 e. The fourth-order valence-corrected chi connectivity index (χ4v) is 6.60. The third kappa shape index (κ3) is 13.7. The van der Waals surface area contributed by atoms with Crippen molar-refractivity contribution in [1.29, 1.82) is 0 Å². The number of phenols is 2. The number of carbonyl (C=O) groups excluding carboxylic acids is 2.